The van der Waals surface area contributed by atoms with E-state index in [1.807, 2.05) is 30.3 Å². The summed E-state index contributed by atoms with van der Waals surface area (Å²) in [6.45, 7) is 4.84. The lowest BCUT2D eigenvalue weighted by Gasteiger charge is -2.37. The molecule has 2 heterocycles. The number of fused-ring (bicyclic) bond motifs is 1. The smallest absolute Gasteiger partial charge is 0.234 e. The van der Waals surface area contributed by atoms with Crippen LogP contribution < -0.4 is 5.32 Å². The molecule has 1 atom stereocenters. The highest BCUT2D eigenvalue weighted by molar-refractivity contribution is 5.78. The van der Waals surface area contributed by atoms with Crippen molar-refractivity contribution in [2.75, 3.05) is 13.1 Å². The summed E-state index contributed by atoms with van der Waals surface area (Å²) >= 11 is 0. The van der Waals surface area contributed by atoms with E-state index in [-0.39, 0.29) is 11.9 Å². The van der Waals surface area contributed by atoms with Crippen LogP contribution in [-0.2, 0) is 17.9 Å². The van der Waals surface area contributed by atoms with Crippen LogP contribution in [0.15, 0.2) is 72.9 Å². The summed E-state index contributed by atoms with van der Waals surface area (Å²) < 4.78 is 2.29. The Morgan fingerprint density at radius 1 is 1.00 bits per heavy atom. The number of benzene rings is 2. The maximum Gasteiger partial charge on any atom is 0.234 e. The molecular weight excluding hydrogens is 334 g/mol. The van der Waals surface area contributed by atoms with Gasteiger partial charge in [0.25, 0.3) is 0 Å². The number of aromatic nitrogens is 1. The topological polar surface area (TPSA) is 37.3 Å². The van der Waals surface area contributed by atoms with Crippen molar-refractivity contribution in [1.82, 2.24) is 14.8 Å². The molecule has 1 amide bonds. The SMILES string of the molecule is Cc1ccc(C2c3cccn3CCN2CC(=O)NCc2ccccc2)cc1. The van der Waals surface area contributed by atoms with E-state index >= 15 is 0 Å². The maximum atomic E-state index is 12.6. The van der Waals surface area contributed by atoms with Crippen LogP contribution in [0.25, 0.3) is 0 Å². The summed E-state index contributed by atoms with van der Waals surface area (Å²) in [4.78, 5) is 14.9. The van der Waals surface area contributed by atoms with E-state index in [1.165, 1.54) is 16.8 Å². The number of hydrogen-bond donors (Lipinski definition) is 1. The third-order valence-electron chi connectivity index (χ3n) is 5.21. The van der Waals surface area contributed by atoms with Crippen molar-refractivity contribution in [3.63, 3.8) is 0 Å². The zero-order valence-electron chi connectivity index (χ0n) is 15.6. The molecule has 0 fully saturated rings. The van der Waals surface area contributed by atoms with Gasteiger partial charge in [0.15, 0.2) is 0 Å². The molecule has 0 saturated carbocycles. The van der Waals surface area contributed by atoms with Gasteiger partial charge in [-0.3, -0.25) is 9.69 Å². The van der Waals surface area contributed by atoms with E-state index in [0.717, 1.165) is 18.7 Å². The Balaban J connectivity index is 1.50. The Morgan fingerprint density at radius 2 is 1.78 bits per heavy atom. The first-order valence-electron chi connectivity index (χ1n) is 9.47. The van der Waals surface area contributed by atoms with E-state index in [1.54, 1.807) is 0 Å². The third kappa shape index (κ3) is 3.96. The van der Waals surface area contributed by atoms with Crippen LogP contribution in [0.2, 0.25) is 0 Å². The van der Waals surface area contributed by atoms with Crippen LogP contribution >= 0.6 is 0 Å². The van der Waals surface area contributed by atoms with Gasteiger partial charge in [0, 0.05) is 31.5 Å². The van der Waals surface area contributed by atoms with Gasteiger partial charge in [-0.1, -0.05) is 60.2 Å². The molecule has 0 aliphatic carbocycles. The Bertz CT molecular complexity index is 899. The quantitative estimate of drug-likeness (QED) is 0.757. The summed E-state index contributed by atoms with van der Waals surface area (Å²) in [7, 11) is 0. The molecule has 1 N–H and O–H groups in total. The maximum absolute atomic E-state index is 12.6. The van der Waals surface area contributed by atoms with Crippen LogP contribution in [-0.4, -0.2) is 28.5 Å². The molecule has 2 aromatic carbocycles. The second-order valence-electron chi connectivity index (χ2n) is 7.17. The van der Waals surface area contributed by atoms with Crippen LogP contribution in [0, 0.1) is 6.92 Å². The molecule has 138 valence electrons. The molecule has 0 spiro atoms. The fraction of sp³-hybridized carbons (Fsp3) is 0.261. The molecule has 0 radical (unpaired) electrons. The Labute approximate surface area is 160 Å². The zero-order chi connectivity index (χ0) is 18.6. The average Bonchev–Trinajstić information content (AvgIpc) is 3.17. The summed E-state index contributed by atoms with van der Waals surface area (Å²) in [5.74, 6) is 0.0657. The molecule has 0 bridgehead atoms. The number of rotatable bonds is 5. The van der Waals surface area contributed by atoms with Gasteiger partial charge < -0.3 is 9.88 Å². The summed E-state index contributed by atoms with van der Waals surface area (Å²) in [5.41, 5.74) is 4.85. The van der Waals surface area contributed by atoms with Crippen LogP contribution in [0.5, 0.6) is 0 Å². The highest BCUT2D eigenvalue weighted by Gasteiger charge is 2.29. The van der Waals surface area contributed by atoms with E-state index in [4.69, 9.17) is 0 Å². The largest absolute Gasteiger partial charge is 0.351 e. The Morgan fingerprint density at radius 3 is 2.56 bits per heavy atom. The van der Waals surface area contributed by atoms with Crippen LogP contribution in [0.4, 0.5) is 0 Å². The molecule has 3 aromatic rings. The molecule has 4 heteroatoms. The molecular formula is C23H25N3O. The fourth-order valence-corrected chi connectivity index (χ4v) is 3.77. The third-order valence-corrected chi connectivity index (χ3v) is 5.21. The number of carbonyl (C=O) groups is 1. The van der Waals surface area contributed by atoms with Gasteiger partial charge in [0.1, 0.15) is 0 Å². The Kier molecular flexibility index (Phi) is 5.07. The number of amides is 1. The van der Waals surface area contributed by atoms with Gasteiger partial charge in [0.2, 0.25) is 5.91 Å². The van der Waals surface area contributed by atoms with Gasteiger partial charge in [-0.15, -0.1) is 0 Å². The molecule has 1 unspecified atom stereocenters. The van der Waals surface area contributed by atoms with Gasteiger partial charge in [-0.05, 0) is 30.2 Å². The van der Waals surface area contributed by atoms with Gasteiger partial charge in [-0.25, -0.2) is 0 Å². The normalized spacial score (nSPS) is 16.7. The van der Waals surface area contributed by atoms with Crippen molar-refractivity contribution in [2.45, 2.75) is 26.1 Å². The minimum Gasteiger partial charge on any atom is -0.351 e. The van der Waals surface area contributed by atoms with Gasteiger partial charge >= 0.3 is 0 Å². The van der Waals surface area contributed by atoms with Gasteiger partial charge in [0.05, 0.1) is 12.6 Å². The van der Waals surface area contributed by atoms with Crippen molar-refractivity contribution in [1.29, 1.82) is 0 Å². The van der Waals surface area contributed by atoms with Crippen molar-refractivity contribution < 1.29 is 4.79 Å². The number of carbonyl (C=O) groups excluding carboxylic acids is 1. The second-order valence-corrected chi connectivity index (χ2v) is 7.17. The number of nitrogens with zero attached hydrogens (tertiary/aromatic N) is 2. The lowest BCUT2D eigenvalue weighted by atomic mass is 9.99. The van der Waals surface area contributed by atoms with E-state index in [0.29, 0.717) is 13.1 Å². The zero-order valence-corrected chi connectivity index (χ0v) is 15.6. The van der Waals surface area contributed by atoms with E-state index in [9.17, 15) is 4.79 Å². The molecule has 1 aromatic heterocycles. The first-order chi connectivity index (χ1) is 13.2. The monoisotopic (exact) mass is 359 g/mol. The van der Waals surface area contributed by atoms with Gasteiger partial charge in [-0.2, -0.15) is 0 Å². The molecule has 1 aliphatic heterocycles. The highest BCUT2D eigenvalue weighted by Crippen LogP contribution is 2.32. The van der Waals surface area contributed by atoms with Crippen molar-refractivity contribution in [3.8, 4) is 0 Å². The van der Waals surface area contributed by atoms with E-state index in [2.05, 4.69) is 64.3 Å². The average molecular weight is 359 g/mol. The lowest BCUT2D eigenvalue weighted by molar-refractivity contribution is -0.123. The highest BCUT2D eigenvalue weighted by atomic mass is 16.2. The first kappa shape index (κ1) is 17.6. The number of hydrogen-bond acceptors (Lipinski definition) is 2. The minimum absolute atomic E-state index is 0.0657. The fourth-order valence-electron chi connectivity index (χ4n) is 3.77. The summed E-state index contributed by atoms with van der Waals surface area (Å²) in [6, 6.07) is 23.0. The number of nitrogens with one attached hydrogen (secondary N) is 1. The van der Waals surface area contributed by atoms with Crippen LogP contribution in [0.3, 0.4) is 0 Å². The van der Waals surface area contributed by atoms with E-state index < -0.39 is 0 Å². The molecule has 4 nitrogen and oxygen atoms in total. The summed E-state index contributed by atoms with van der Waals surface area (Å²) in [5, 5.41) is 3.06. The molecule has 27 heavy (non-hydrogen) atoms. The second kappa shape index (κ2) is 7.80. The standard InChI is InChI=1S/C23H25N3O/c1-18-9-11-20(12-10-18)23-21-8-5-13-25(21)14-15-26(23)17-22(27)24-16-19-6-3-2-4-7-19/h2-13,23H,14-17H2,1H3,(H,24,27). The van der Waals surface area contributed by atoms with Crippen LogP contribution in [0.1, 0.15) is 28.4 Å². The minimum atomic E-state index is 0.0657. The summed E-state index contributed by atoms with van der Waals surface area (Å²) in [6.07, 6.45) is 2.13. The predicted molar refractivity (Wildman–Crippen MR) is 107 cm³/mol. The first-order valence-corrected chi connectivity index (χ1v) is 9.47. The lowest BCUT2D eigenvalue weighted by Crippen LogP contribution is -2.44. The van der Waals surface area contributed by atoms with Crippen molar-refractivity contribution in [2.24, 2.45) is 0 Å². The van der Waals surface area contributed by atoms with Crippen molar-refractivity contribution in [3.05, 3.63) is 95.3 Å². The molecule has 4 rings (SSSR count). The van der Waals surface area contributed by atoms with Crippen molar-refractivity contribution >= 4 is 5.91 Å². The molecule has 1 aliphatic rings. The number of aryl methyl sites for hydroxylation is 1. The Hall–Kier alpha value is -2.85. The molecule has 0 saturated heterocycles. The predicted octanol–water partition coefficient (Wildman–Crippen LogP) is 3.52.